The number of halogens is 1. The predicted molar refractivity (Wildman–Crippen MR) is 136 cm³/mol. The zero-order valence-electron chi connectivity index (χ0n) is 19.9. The number of aliphatic hydroxyl groups excluding tert-OH is 1. The molecule has 0 bridgehead atoms. The van der Waals surface area contributed by atoms with Gasteiger partial charge < -0.3 is 24.8 Å². The van der Waals surface area contributed by atoms with Crippen LogP contribution in [0.3, 0.4) is 0 Å². The third kappa shape index (κ3) is 8.33. The van der Waals surface area contributed by atoms with Crippen molar-refractivity contribution in [2.45, 2.75) is 12.5 Å². The average Bonchev–Trinajstić information content (AvgIpc) is 3.10. The van der Waals surface area contributed by atoms with Gasteiger partial charge in [-0.1, -0.05) is 11.6 Å². The van der Waals surface area contributed by atoms with Crippen molar-refractivity contribution in [2.24, 2.45) is 0 Å². The Kier molecular flexibility index (Phi) is 9.56. The highest BCUT2D eigenvalue weighted by Crippen LogP contribution is 2.18. The number of carbonyl (C=O) groups excluding carboxylic acids is 1. The van der Waals surface area contributed by atoms with Crippen LogP contribution in [0, 0.1) is 0 Å². The number of hydrogen-bond donors (Lipinski definition) is 2. The molecule has 190 valence electrons. The van der Waals surface area contributed by atoms with Crippen LogP contribution in [0.2, 0.25) is 5.02 Å². The van der Waals surface area contributed by atoms with Crippen molar-refractivity contribution < 1.29 is 19.4 Å². The van der Waals surface area contributed by atoms with Gasteiger partial charge in [0, 0.05) is 50.8 Å². The van der Waals surface area contributed by atoms with Crippen LogP contribution in [0.5, 0.6) is 5.75 Å². The Hall–Kier alpha value is -2.43. The summed E-state index contributed by atoms with van der Waals surface area (Å²) in [6.07, 6.45) is 2.32. The number of nitrogens with zero attached hydrogens (tertiary/aromatic N) is 4. The lowest BCUT2D eigenvalue weighted by atomic mass is 10.2. The first kappa shape index (κ1) is 25.7. The molecule has 0 radical (unpaired) electrons. The summed E-state index contributed by atoms with van der Waals surface area (Å²) in [5, 5.41) is 14.0. The third-order valence-corrected chi connectivity index (χ3v) is 6.42. The molecule has 10 heteroatoms. The zero-order valence-corrected chi connectivity index (χ0v) is 20.7. The minimum Gasteiger partial charge on any atom is -0.484 e. The van der Waals surface area contributed by atoms with Gasteiger partial charge in [0.25, 0.3) is 5.91 Å². The Bertz CT molecular complexity index is 924. The number of amides is 1. The van der Waals surface area contributed by atoms with E-state index >= 15 is 0 Å². The maximum absolute atomic E-state index is 12.2. The van der Waals surface area contributed by atoms with Gasteiger partial charge >= 0.3 is 0 Å². The molecule has 0 aliphatic carbocycles. The van der Waals surface area contributed by atoms with Gasteiger partial charge in [-0.05, 0) is 49.4 Å². The molecule has 3 heterocycles. The molecule has 1 aromatic heterocycles. The van der Waals surface area contributed by atoms with Crippen LogP contribution in [-0.2, 0) is 9.53 Å². The van der Waals surface area contributed by atoms with Gasteiger partial charge in [0.2, 0.25) is 0 Å². The molecule has 2 fully saturated rings. The quantitative estimate of drug-likeness (QED) is 0.537. The van der Waals surface area contributed by atoms with Crippen molar-refractivity contribution >= 4 is 29.0 Å². The van der Waals surface area contributed by atoms with E-state index in [1.54, 1.807) is 30.5 Å². The second-order valence-corrected chi connectivity index (χ2v) is 9.34. The monoisotopic (exact) mass is 503 g/mol. The smallest absolute Gasteiger partial charge is 0.262 e. The first-order chi connectivity index (χ1) is 17.0. The number of anilines is 2. The standard InChI is InChI=1S/C25H34ClN5O4/c26-20-2-5-23(6-3-20)35-19-25(33)28-21-4-7-24(27-16-21)31-9-1-8-29(10-11-31)17-22(32)18-30-12-14-34-15-13-30/h2-7,16,22,32H,1,8-15,17-19H2,(H,28,33)/t22-/m0/s1. The molecule has 9 nitrogen and oxygen atoms in total. The fourth-order valence-corrected chi connectivity index (χ4v) is 4.47. The van der Waals surface area contributed by atoms with Crippen LogP contribution in [0.1, 0.15) is 6.42 Å². The second kappa shape index (κ2) is 13.0. The Labute approximate surface area is 211 Å². The number of nitrogens with one attached hydrogen (secondary N) is 1. The number of rotatable bonds is 9. The number of benzene rings is 1. The van der Waals surface area contributed by atoms with Crippen LogP contribution in [0.15, 0.2) is 42.6 Å². The van der Waals surface area contributed by atoms with Gasteiger partial charge in [-0.2, -0.15) is 0 Å². The summed E-state index contributed by atoms with van der Waals surface area (Å²) in [7, 11) is 0. The summed E-state index contributed by atoms with van der Waals surface area (Å²) >= 11 is 5.86. The first-order valence-electron chi connectivity index (χ1n) is 12.1. The van der Waals surface area contributed by atoms with Crippen molar-refractivity contribution in [3.05, 3.63) is 47.6 Å². The summed E-state index contributed by atoms with van der Waals surface area (Å²) in [4.78, 5) is 23.6. The maximum Gasteiger partial charge on any atom is 0.262 e. The van der Waals surface area contributed by atoms with Gasteiger partial charge in [0.05, 0.1) is 31.2 Å². The fraction of sp³-hybridized carbons (Fsp3) is 0.520. The number of pyridine rings is 1. The highest BCUT2D eigenvalue weighted by atomic mass is 35.5. The molecular weight excluding hydrogens is 470 g/mol. The minimum atomic E-state index is -0.357. The number of carbonyl (C=O) groups is 1. The average molecular weight is 504 g/mol. The van der Waals surface area contributed by atoms with E-state index in [4.69, 9.17) is 21.1 Å². The molecular formula is C25H34ClN5O4. The number of morpholine rings is 1. The SMILES string of the molecule is O=C(COc1ccc(Cl)cc1)Nc1ccc(N2CCCN(C[C@H](O)CN3CCOCC3)CC2)nc1. The predicted octanol–water partition coefficient (Wildman–Crippen LogP) is 1.96. The number of ether oxygens (including phenoxy) is 2. The van der Waals surface area contributed by atoms with Crippen molar-refractivity contribution in [3.8, 4) is 5.75 Å². The summed E-state index contributed by atoms with van der Waals surface area (Å²) in [6.45, 7) is 8.15. The highest BCUT2D eigenvalue weighted by Gasteiger charge is 2.21. The third-order valence-electron chi connectivity index (χ3n) is 6.17. The molecule has 1 aromatic carbocycles. The van der Waals surface area contributed by atoms with E-state index in [-0.39, 0.29) is 18.6 Å². The van der Waals surface area contributed by atoms with Gasteiger partial charge in [0.1, 0.15) is 11.6 Å². The normalized spacial score (nSPS) is 18.6. The van der Waals surface area contributed by atoms with Crippen LogP contribution < -0.4 is 15.0 Å². The summed E-state index contributed by atoms with van der Waals surface area (Å²) in [5.74, 6) is 1.22. The topological polar surface area (TPSA) is 90.4 Å². The van der Waals surface area contributed by atoms with E-state index in [1.165, 1.54) is 0 Å². The fourth-order valence-electron chi connectivity index (χ4n) is 4.34. The Balaban J connectivity index is 1.20. The van der Waals surface area contributed by atoms with E-state index in [0.29, 0.717) is 29.5 Å². The lowest BCUT2D eigenvalue weighted by Crippen LogP contribution is -2.45. The maximum atomic E-state index is 12.2. The lowest BCUT2D eigenvalue weighted by Gasteiger charge is -2.30. The molecule has 4 rings (SSSR count). The minimum absolute atomic E-state index is 0.0945. The van der Waals surface area contributed by atoms with Crippen LogP contribution in [0.4, 0.5) is 11.5 Å². The molecule has 0 spiro atoms. The van der Waals surface area contributed by atoms with Gasteiger partial charge in [-0.3, -0.25) is 14.6 Å². The van der Waals surface area contributed by atoms with Crippen LogP contribution in [-0.4, -0.2) is 104 Å². The zero-order chi connectivity index (χ0) is 24.5. The molecule has 2 saturated heterocycles. The molecule has 0 unspecified atom stereocenters. The number of hydrogen-bond acceptors (Lipinski definition) is 8. The van der Waals surface area contributed by atoms with E-state index in [0.717, 1.165) is 64.7 Å². The largest absolute Gasteiger partial charge is 0.484 e. The molecule has 2 aliphatic heterocycles. The second-order valence-electron chi connectivity index (χ2n) is 8.90. The Morgan fingerprint density at radius 1 is 1.03 bits per heavy atom. The van der Waals surface area contributed by atoms with Gasteiger partial charge in [-0.25, -0.2) is 4.98 Å². The van der Waals surface area contributed by atoms with E-state index in [2.05, 4.69) is 25.0 Å². The van der Waals surface area contributed by atoms with Crippen LogP contribution in [0.25, 0.3) is 0 Å². The molecule has 35 heavy (non-hydrogen) atoms. The first-order valence-corrected chi connectivity index (χ1v) is 12.5. The van der Waals surface area contributed by atoms with Crippen molar-refractivity contribution in [2.75, 3.05) is 82.4 Å². The molecule has 2 aliphatic rings. The van der Waals surface area contributed by atoms with E-state index < -0.39 is 0 Å². The number of aliphatic hydroxyl groups is 1. The Morgan fingerprint density at radius 3 is 2.49 bits per heavy atom. The molecule has 1 amide bonds. The van der Waals surface area contributed by atoms with Crippen molar-refractivity contribution in [1.82, 2.24) is 14.8 Å². The van der Waals surface area contributed by atoms with E-state index in [1.807, 2.05) is 12.1 Å². The molecule has 0 saturated carbocycles. The summed E-state index contributed by atoms with van der Waals surface area (Å²) < 4.78 is 10.9. The molecule has 2 aromatic rings. The Morgan fingerprint density at radius 2 is 1.77 bits per heavy atom. The summed E-state index contributed by atoms with van der Waals surface area (Å²) in [5.41, 5.74) is 0.626. The molecule has 1 atom stereocenters. The van der Waals surface area contributed by atoms with Crippen molar-refractivity contribution in [1.29, 1.82) is 0 Å². The van der Waals surface area contributed by atoms with Gasteiger partial charge in [0.15, 0.2) is 6.61 Å². The molecule has 2 N–H and O–H groups in total. The highest BCUT2D eigenvalue weighted by molar-refractivity contribution is 6.30. The van der Waals surface area contributed by atoms with Crippen molar-refractivity contribution in [3.63, 3.8) is 0 Å². The lowest BCUT2D eigenvalue weighted by molar-refractivity contribution is -0.118. The summed E-state index contributed by atoms with van der Waals surface area (Å²) in [6, 6.07) is 10.7. The van der Waals surface area contributed by atoms with Crippen LogP contribution >= 0.6 is 11.6 Å². The number of β-amino-alcohol motifs (C(OH)–C–C–N with tert-alkyl or cyclic N) is 1. The van der Waals surface area contributed by atoms with E-state index in [9.17, 15) is 9.90 Å². The van der Waals surface area contributed by atoms with Gasteiger partial charge in [-0.15, -0.1) is 0 Å². The number of aromatic nitrogens is 1.